The molecular formula is C18H17ClFNO. The van der Waals surface area contributed by atoms with Crippen LogP contribution < -0.4 is 0 Å². The van der Waals surface area contributed by atoms with Crippen LogP contribution in [-0.2, 0) is 0 Å². The van der Waals surface area contributed by atoms with Gasteiger partial charge in [-0.2, -0.15) is 0 Å². The van der Waals surface area contributed by atoms with Crippen molar-refractivity contribution in [3.63, 3.8) is 0 Å². The average molecular weight is 318 g/mol. The smallest absolute Gasteiger partial charge is 0.258 e. The van der Waals surface area contributed by atoms with Gasteiger partial charge in [-0.15, -0.1) is 0 Å². The van der Waals surface area contributed by atoms with Crippen LogP contribution in [0.25, 0.3) is 0 Å². The zero-order chi connectivity index (χ0) is 15.7. The molecule has 22 heavy (non-hydrogen) atoms. The van der Waals surface area contributed by atoms with Crippen LogP contribution in [0.1, 0.15) is 35.2 Å². The highest BCUT2D eigenvalue weighted by molar-refractivity contribution is 6.33. The molecule has 4 heteroatoms. The van der Waals surface area contributed by atoms with Crippen molar-refractivity contribution in [1.82, 2.24) is 4.90 Å². The largest absolute Gasteiger partial charge is 0.335 e. The molecule has 1 amide bonds. The van der Waals surface area contributed by atoms with Crippen LogP contribution in [0.2, 0.25) is 5.02 Å². The summed E-state index contributed by atoms with van der Waals surface area (Å²) in [6.45, 7) is 2.63. The van der Waals surface area contributed by atoms with Crippen molar-refractivity contribution in [3.8, 4) is 0 Å². The summed E-state index contributed by atoms with van der Waals surface area (Å²) >= 11 is 6.02. The van der Waals surface area contributed by atoms with Gasteiger partial charge in [-0.25, -0.2) is 4.39 Å². The quantitative estimate of drug-likeness (QED) is 0.798. The maximum Gasteiger partial charge on any atom is 0.258 e. The van der Waals surface area contributed by atoms with Crippen LogP contribution in [0.15, 0.2) is 48.5 Å². The number of hydrogen-bond acceptors (Lipinski definition) is 1. The average Bonchev–Trinajstić information content (AvgIpc) is 2.89. The molecule has 0 aliphatic carbocycles. The number of hydrogen-bond donors (Lipinski definition) is 0. The third kappa shape index (κ3) is 2.61. The molecule has 2 aromatic carbocycles. The highest BCUT2D eigenvalue weighted by Crippen LogP contribution is 2.35. The summed E-state index contributed by atoms with van der Waals surface area (Å²) in [5.41, 5.74) is 1.19. The highest BCUT2D eigenvalue weighted by atomic mass is 35.5. The lowest BCUT2D eigenvalue weighted by molar-refractivity contribution is 0.0737. The van der Waals surface area contributed by atoms with E-state index in [1.54, 1.807) is 11.0 Å². The van der Waals surface area contributed by atoms with Crippen molar-refractivity contribution in [3.05, 3.63) is 70.5 Å². The van der Waals surface area contributed by atoms with Crippen LogP contribution in [-0.4, -0.2) is 23.4 Å². The summed E-state index contributed by atoms with van der Waals surface area (Å²) in [5.74, 6) is -0.613. The summed E-state index contributed by atoms with van der Waals surface area (Å²) < 4.78 is 14.0. The van der Waals surface area contributed by atoms with Gasteiger partial charge in [-0.1, -0.05) is 48.0 Å². The molecule has 1 aliphatic rings. The molecule has 0 N–H and O–H groups in total. The van der Waals surface area contributed by atoms with Crippen LogP contribution in [0.3, 0.4) is 0 Å². The van der Waals surface area contributed by atoms with Crippen LogP contribution in [0.4, 0.5) is 4.39 Å². The molecule has 0 saturated carbocycles. The van der Waals surface area contributed by atoms with Crippen molar-refractivity contribution in [2.75, 3.05) is 6.54 Å². The Bertz CT molecular complexity index is 668. The predicted molar refractivity (Wildman–Crippen MR) is 85.7 cm³/mol. The molecule has 1 saturated heterocycles. The van der Waals surface area contributed by atoms with E-state index in [0.29, 0.717) is 6.54 Å². The van der Waals surface area contributed by atoms with Gasteiger partial charge in [0.15, 0.2) is 0 Å². The van der Waals surface area contributed by atoms with E-state index in [4.69, 9.17) is 11.6 Å². The van der Waals surface area contributed by atoms with Crippen LogP contribution >= 0.6 is 11.6 Å². The first-order chi connectivity index (χ1) is 10.6. The lowest BCUT2D eigenvalue weighted by Gasteiger charge is -2.25. The number of carbonyl (C=O) groups excluding carboxylic acids is 1. The minimum atomic E-state index is -0.562. The van der Waals surface area contributed by atoms with Gasteiger partial charge in [0.1, 0.15) is 5.82 Å². The monoisotopic (exact) mass is 317 g/mol. The van der Waals surface area contributed by atoms with Crippen molar-refractivity contribution in [2.45, 2.75) is 25.3 Å². The lowest BCUT2D eigenvalue weighted by atomic mass is 9.93. The Labute approximate surface area is 134 Å². The van der Waals surface area contributed by atoms with Crippen LogP contribution in [0.5, 0.6) is 0 Å². The van der Waals surface area contributed by atoms with Crippen LogP contribution in [0, 0.1) is 5.82 Å². The van der Waals surface area contributed by atoms with E-state index in [9.17, 15) is 9.18 Å². The van der Waals surface area contributed by atoms with Crippen molar-refractivity contribution >= 4 is 17.5 Å². The second-order valence-corrected chi connectivity index (χ2v) is 6.05. The highest BCUT2D eigenvalue weighted by Gasteiger charge is 2.36. The summed E-state index contributed by atoms with van der Waals surface area (Å²) in [6, 6.07) is 14.5. The lowest BCUT2D eigenvalue weighted by Crippen LogP contribution is -2.36. The van der Waals surface area contributed by atoms with E-state index in [1.165, 1.54) is 17.7 Å². The maximum atomic E-state index is 14.0. The van der Waals surface area contributed by atoms with E-state index in [2.05, 4.69) is 12.1 Å². The van der Waals surface area contributed by atoms with Gasteiger partial charge >= 0.3 is 0 Å². The van der Waals surface area contributed by atoms with E-state index >= 15 is 0 Å². The minimum Gasteiger partial charge on any atom is -0.335 e. The van der Waals surface area contributed by atoms with Gasteiger partial charge in [-0.3, -0.25) is 4.79 Å². The fraction of sp³-hybridized carbons (Fsp3) is 0.278. The Hall–Kier alpha value is -1.87. The molecule has 2 atom stereocenters. The van der Waals surface area contributed by atoms with E-state index in [0.717, 1.165) is 6.42 Å². The van der Waals surface area contributed by atoms with Crippen molar-refractivity contribution in [1.29, 1.82) is 0 Å². The molecule has 1 heterocycles. The molecule has 0 aromatic heterocycles. The zero-order valence-corrected chi connectivity index (χ0v) is 13.1. The summed E-state index contributed by atoms with van der Waals surface area (Å²) in [6.07, 6.45) is 0.878. The first-order valence-corrected chi connectivity index (χ1v) is 7.77. The van der Waals surface area contributed by atoms with Gasteiger partial charge in [0.2, 0.25) is 0 Å². The molecule has 0 spiro atoms. The van der Waals surface area contributed by atoms with Gasteiger partial charge in [0, 0.05) is 18.5 Å². The first-order valence-electron chi connectivity index (χ1n) is 7.39. The van der Waals surface area contributed by atoms with E-state index in [-0.39, 0.29) is 28.5 Å². The molecule has 114 valence electrons. The second-order valence-electron chi connectivity index (χ2n) is 5.64. The number of rotatable bonds is 2. The fourth-order valence-corrected chi connectivity index (χ4v) is 3.46. The standard InChI is InChI=1S/C18H17ClFNO/c1-12-14(13-6-3-2-4-7-13)10-11-21(12)18(22)17-15(19)8-5-9-16(17)20/h2-9,12,14H,10-11H2,1H3/t12-,14-/m1/s1. The van der Waals surface area contributed by atoms with E-state index < -0.39 is 5.82 Å². The Balaban J connectivity index is 1.86. The normalized spacial score (nSPS) is 21.1. The summed E-state index contributed by atoms with van der Waals surface area (Å²) in [5, 5.41) is 0.167. The van der Waals surface area contributed by atoms with Gasteiger partial charge in [0.05, 0.1) is 10.6 Å². The number of nitrogens with zero attached hydrogens (tertiary/aromatic N) is 1. The molecule has 1 fully saturated rings. The third-order valence-electron chi connectivity index (χ3n) is 4.42. The molecule has 1 aliphatic heterocycles. The third-order valence-corrected chi connectivity index (χ3v) is 4.74. The number of halogens is 2. The van der Waals surface area contributed by atoms with E-state index in [1.807, 2.05) is 25.1 Å². The number of amides is 1. The van der Waals surface area contributed by atoms with Gasteiger partial charge in [0.25, 0.3) is 5.91 Å². The Morgan fingerprint density at radius 1 is 1.18 bits per heavy atom. The number of likely N-dealkylation sites (tertiary alicyclic amines) is 1. The first kappa shape index (κ1) is 15.0. The fourth-order valence-electron chi connectivity index (χ4n) is 3.22. The maximum absolute atomic E-state index is 14.0. The summed E-state index contributed by atoms with van der Waals surface area (Å²) in [7, 11) is 0. The SMILES string of the molecule is C[C@@H]1[C@H](c2ccccc2)CCN1C(=O)c1c(F)cccc1Cl. The molecular weight excluding hydrogens is 301 g/mol. The Kier molecular flexibility index (Phi) is 4.16. The molecule has 0 radical (unpaired) electrons. The zero-order valence-electron chi connectivity index (χ0n) is 12.3. The predicted octanol–water partition coefficient (Wildman–Crippen LogP) is 4.50. The molecule has 0 bridgehead atoms. The minimum absolute atomic E-state index is 0.0190. The van der Waals surface area contributed by atoms with Crippen molar-refractivity contribution < 1.29 is 9.18 Å². The summed E-state index contributed by atoms with van der Waals surface area (Å²) in [4.78, 5) is 14.4. The molecule has 0 unspecified atom stereocenters. The van der Waals surface area contributed by atoms with Gasteiger partial charge in [-0.05, 0) is 31.0 Å². The molecule has 2 aromatic rings. The van der Waals surface area contributed by atoms with Gasteiger partial charge < -0.3 is 4.90 Å². The number of carbonyl (C=O) groups is 1. The Morgan fingerprint density at radius 3 is 2.59 bits per heavy atom. The molecule has 3 rings (SSSR count). The van der Waals surface area contributed by atoms with Crippen molar-refractivity contribution in [2.24, 2.45) is 0 Å². The topological polar surface area (TPSA) is 20.3 Å². The number of benzene rings is 2. The molecule has 2 nitrogen and oxygen atoms in total. The Morgan fingerprint density at radius 2 is 1.91 bits per heavy atom. The second kappa shape index (κ2) is 6.09.